The molecule has 3 N–H and O–H groups in total. The first-order valence-electron chi connectivity index (χ1n) is 10.1. The van der Waals surface area contributed by atoms with Crippen LogP contribution in [0.1, 0.15) is 55.5 Å². The molecule has 0 radical (unpaired) electrons. The van der Waals surface area contributed by atoms with Gasteiger partial charge in [0.15, 0.2) is 0 Å². The zero-order valence-corrected chi connectivity index (χ0v) is 16.1. The summed E-state index contributed by atoms with van der Waals surface area (Å²) in [4.78, 5) is 12.3. The number of carbonyl (C=O) groups is 1. The van der Waals surface area contributed by atoms with Gasteiger partial charge in [0.1, 0.15) is 0 Å². The summed E-state index contributed by atoms with van der Waals surface area (Å²) < 4.78 is 5.65. The minimum Gasteiger partial charge on any atom is -0.379 e. The third kappa shape index (κ3) is 5.06. The van der Waals surface area contributed by atoms with Gasteiger partial charge >= 0.3 is 0 Å². The highest BCUT2D eigenvalue weighted by Gasteiger charge is 2.34. The van der Waals surface area contributed by atoms with E-state index < -0.39 is 0 Å². The van der Waals surface area contributed by atoms with Gasteiger partial charge in [-0.25, -0.2) is 0 Å². The van der Waals surface area contributed by atoms with E-state index in [-0.39, 0.29) is 11.9 Å². The Morgan fingerprint density at radius 3 is 3.04 bits per heavy atom. The molecule has 1 aliphatic carbocycles. The molecule has 4 atom stereocenters. The lowest BCUT2D eigenvalue weighted by molar-refractivity contribution is 0.0524. The van der Waals surface area contributed by atoms with Gasteiger partial charge in [-0.2, -0.15) is 0 Å². The minimum absolute atomic E-state index is 0.0171. The second-order valence-electron chi connectivity index (χ2n) is 7.70. The van der Waals surface area contributed by atoms with E-state index in [4.69, 9.17) is 4.74 Å². The third-order valence-electron chi connectivity index (χ3n) is 5.78. The van der Waals surface area contributed by atoms with Gasteiger partial charge in [-0.05, 0) is 49.8 Å². The van der Waals surface area contributed by atoms with Gasteiger partial charge in [0, 0.05) is 36.8 Å². The molecule has 1 aliphatic heterocycles. The molecule has 5 heteroatoms. The number of nitrogens with one attached hydrogen (secondary N) is 3. The number of ether oxygens (including phenoxy) is 1. The number of morpholine rings is 1. The summed E-state index contributed by atoms with van der Waals surface area (Å²) in [6.07, 6.45) is 4.69. The maximum atomic E-state index is 12.3. The number of carbonyl (C=O) groups excluding carboxylic acids is 1. The molecule has 0 spiro atoms. The van der Waals surface area contributed by atoms with E-state index in [9.17, 15) is 4.79 Å². The summed E-state index contributed by atoms with van der Waals surface area (Å²) in [5, 5.41) is 10.4. The Hall–Kier alpha value is -1.43. The van der Waals surface area contributed by atoms with Crippen molar-refractivity contribution in [1.82, 2.24) is 16.0 Å². The van der Waals surface area contributed by atoms with Crippen LogP contribution in [0.25, 0.3) is 0 Å². The van der Waals surface area contributed by atoms with Gasteiger partial charge in [0.25, 0.3) is 5.91 Å². The molecule has 4 unspecified atom stereocenters. The van der Waals surface area contributed by atoms with Gasteiger partial charge < -0.3 is 20.7 Å². The Labute approximate surface area is 157 Å². The summed E-state index contributed by atoms with van der Waals surface area (Å²) in [6, 6.07) is 9.17. The zero-order valence-electron chi connectivity index (χ0n) is 16.1. The van der Waals surface area contributed by atoms with E-state index in [2.05, 4.69) is 28.9 Å². The Morgan fingerprint density at radius 2 is 2.27 bits per heavy atom. The van der Waals surface area contributed by atoms with Crippen molar-refractivity contribution in [1.29, 1.82) is 0 Å². The van der Waals surface area contributed by atoms with Gasteiger partial charge in [0.2, 0.25) is 0 Å². The van der Waals surface area contributed by atoms with Crippen LogP contribution in [0.4, 0.5) is 0 Å². The smallest absolute Gasteiger partial charge is 0.251 e. The summed E-state index contributed by atoms with van der Waals surface area (Å²) in [5.74, 6) is 0.649. The molecule has 1 aromatic rings. The molecule has 3 rings (SSSR count). The van der Waals surface area contributed by atoms with E-state index in [1.54, 1.807) is 0 Å². The van der Waals surface area contributed by atoms with Crippen LogP contribution in [0.5, 0.6) is 0 Å². The molecule has 0 aromatic heterocycles. The first-order valence-corrected chi connectivity index (χ1v) is 10.1. The van der Waals surface area contributed by atoms with Gasteiger partial charge in [-0.1, -0.05) is 25.5 Å². The molecule has 1 heterocycles. The van der Waals surface area contributed by atoms with Gasteiger partial charge in [0.05, 0.1) is 13.2 Å². The first kappa shape index (κ1) is 19.3. The molecule has 1 aromatic carbocycles. The van der Waals surface area contributed by atoms with Crippen LogP contribution in [0.15, 0.2) is 24.3 Å². The Morgan fingerprint density at radius 1 is 1.38 bits per heavy atom. The predicted molar refractivity (Wildman–Crippen MR) is 104 cm³/mol. The largest absolute Gasteiger partial charge is 0.379 e. The van der Waals surface area contributed by atoms with Crippen molar-refractivity contribution in [2.45, 2.75) is 64.2 Å². The van der Waals surface area contributed by atoms with Crippen molar-refractivity contribution in [3.05, 3.63) is 35.4 Å². The van der Waals surface area contributed by atoms with Crippen LogP contribution in [0.3, 0.4) is 0 Å². The van der Waals surface area contributed by atoms with E-state index in [1.165, 1.54) is 24.8 Å². The van der Waals surface area contributed by atoms with E-state index in [1.807, 2.05) is 25.1 Å². The zero-order chi connectivity index (χ0) is 18.4. The van der Waals surface area contributed by atoms with Crippen molar-refractivity contribution < 1.29 is 9.53 Å². The molecular formula is C21H33N3O2. The molecule has 2 fully saturated rings. The summed E-state index contributed by atoms with van der Waals surface area (Å²) in [7, 11) is 0. The molecule has 0 bridgehead atoms. The topological polar surface area (TPSA) is 62.4 Å². The van der Waals surface area contributed by atoms with Gasteiger partial charge in [-0.3, -0.25) is 4.79 Å². The van der Waals surface area contributed by atoms with Crippen molar-refractivity contribution in [3.63, 3.8) is 0 Å². The van der Waals surface area contributed by atoms with Crippen LogP contribution in [-0.2, 0) is 11.3 Å². The summed E-state index contributed by atoms with van der Waals surface area (Å²) in [6.45, 7) is 7.53. The average molecular weight is 360 g/mol. The molecule has 1 saturated heterocycles. The van der Waals surface area contributed by atoms with Crippen LogP contribution in [-0.4, -0.2) is 43.8 Å². The first-order chi connectivity index (χ1) is 12.7. The highest BCUT2D eigenvalue weighted by Crippen LogP contribution is 2.29. The Balaban J connectivity index is 1.55. The fourth-order valence-electron chi connectivity index (χ4n) is 4.07. The van der Waals surface area contributed by atoms with Crippen LogP contribution < -0.4 is 16.0 Å². The third-order valence-corrected chi connectivity index (χ3v) is 5.78. The second kappa shape index (κ2) is 9.49. The number of hydrogen-bond donors (Lipinski definition) is 3. The predicted octanol–water partition coefficient (Wildman–Crippen LogP) is 2.46. The summed E-state index contributed by atoms with van der Waals surface area (Å²) >= 11 is 0. The number of hydrogen-bond acceptors (Lipinski definition) is 4. The average Bonchev–Trinajstić information content (AvgIpc) is 3.15. The van der Waals surface area contributed by atoms with Gasteiger partial charge in [-0.15, -0.1) is 0 Å². The van der Waals surface area contributed by atoms with E-state index >= 15 is 0 Å². The lowest BCUT2D eigenvalue weighted by Gasteiger charge is -2.33. The number of benzene rings is 1. The fraction of sp³-hybridized carbons (Fsp3) is 0.667. The fourth-order valence-corrected chi connectivity index (χ4v) is 4.07. The molecule has 26 heavy (non-hydrogen) atoms. The summed E-state index contributed by atoms with van der Waals surface area (Å²) in [5.41, 5.74) is 1.91. The quantitative estimate of drug-likeness (QED) is 0.700. The molecule has 2 aliphatic rings. The molecule has 5 nitrogen and oxygen atoms in total. The number of amides is 1. The van der Waals surface area contributed by atoms with E-state index in [0.717, 1.165) is 38.3 Å². The normalized spacial score (nSPS) is 27.2. The standard InChI is InChI=1S/C21H33N3O2/c1-3-15(2)24-21(25)17-7-4-6-16(12-17)13-23-19-9-5-8-18(19)20-14-26-11-10-22-20/h4,6-7,12,15,18-20,22-23H,3,5,8-11,13-14H2,1-2H3,(H,24,25). The number of rotatable bonds is 7. The molecule has 1 amide bonds. The molecular weight excluding hydrogens is 326 g/mol. The van der Waals surface area contributed by atoms with Crippen LogP contribution in [0, 0.1) is 5.92 Å². The Kier molecular flexibility index (Phi) is 7.06. The lowest BCUT2D eigenvalue weighted by Crippen LogP contribution is -2.50. The second-order valence-corrected chi connectivity index (χ2v) is 7.70. The Bertz CT molecular complexity index is 586. The van der Waals surface area contributed by atoms with Crippen LogP contribution >= 0.6 is 0 Å². The monoisotopic (exact) mass is 359 g/mol. The maximum absolute atomic E-state index is 12.3. The van der Waals surface area contributed by atoms with Crippen molar-refractivity contribution in [3.8, 4) is 0 Å². The van der Waals surface area contributed by atoms with E-state index in [0.29, 0.717) is 18.0 Å². The lowest BCUT2D eigenvalue weighted by atomic mass is 9.94. The van der Waals surface area contributed by atoms with Crippen molar-refractivity contribution >= 4 is 5.91 Å². The SMILES string of the molecule is CCC(C)NC(=O)c1cccc(CNC2CCCC2C2COCCN2)c1. The molecule has 144 valence electrons. The van der Waals surface area contributed by atoms with Crippen molar-refractivity contribution in [2.24, 2.45) is 5.92 Å². The van der Waals surface area contributed by atoms with Crippen LogP contribution in [0.2, 0.25) is 0 Å². The highest BCUT2D eigenvalue weighted by molar-refractivity contribution is 5.94. The molecule has 1 saturated carbocycles. The highest BCUT2D eigenvalue weighted by atomic mass is 16.5. The minimum atomic E-state index is 0.0171. The maximum Gasteiger partial charge on any atom is 0.251 e. The van der Waals surface area contributed by atoms with Crippen molar-refractivity contribution in [2.75, 3.05) is 19.8 Å².